The number of fused-ring (bicyclic) bond motifs is 4. The summed E-state index contributed by atoms with van der Waals surface area (Å²) in [7, 11) is 1.66. The first-order chi connectivity index (χ1) is 15.5. The lowest BCUT2D eigenvalue weighted by Gasteiger charge is -2.50. The van der Waals surface area contributed by atoms with E-state index in [-0.39, 0.29) is 29.9 Å². The Hall–Kier alpha value is -2.80. The number of aliphatic hydroxyl groups is 1. The van der Waals surface area contributed by atoms with Crippen LogP contribution in [-0.4, -0.2) is 51.4 Å². The van der Waals surface area contributed by atoms with Crippen LogP contribution in [0.3, 0.4) is 0 Å². The fourth-order valence-electron chi connectivity index (χ4n) is 4.94. The van der Waals surface area contributed by atoms with E-state index in [9.17, 15) is 5.11 Å². The SMILES string of the molecule is C=CC1CN2CCC1CC2C(O)c1ccnc2ccc(OC)cc12.Cl.Oc1cccc(O)c1. The molecule has 7 heteroatoms. The van der Waals surface area contributed by atoms with Crippen LogP contribution in [-0.2, 0) is 0 Å². The van der Waals surface area contributed by atoms with E-state index in [2.05, 4.69) is 22.5 Å². The summed E-state index contributed by atoms with van der Waals surface area (Å²) in [4.78, 5) is 6.86. The Balaban J connectivity index is 0.000000290. The first kappa shape index (κ1) is 24.8. The molecule has 3 N–H and O–H groups in total. The van der Waals surface area contributed by atoms with Crippen LogP contribution in [0.15, 0.2) is 67.4 Å². The van der Waals surface area contributed by atoms with E-state index in [1.54, 1.807) is 19.4 Å². The Kier molecular flexibility index (Phi) is 8.19. The molecule has 2 aromatic carbocycles. The average Bonchev–Trinajstić information content (AvgIpc) is 2.83. The van der Waals surface area contributed by atoms with Crippen molar-refractivity contribution >= 4 is 23.3 Å². The Labute approximate surface area is 200 Å². The molecule has 0 saturated carbocycles. The predicted octanol–water partition coefficient (Wildman–Crippen LogP) is 4.69. The van der Waals surface area contributed by atoms with E-state index in [4.69, 9.17) is 14.9 Å². The lowest BCUT2D eigenvalue weighted by atomic mass is 9.73. The van der Waals surface area contributed by atoms with Crippen molar-refractivity contribution in [3.05, 3.63) is 72.9 Å². The minimum absolute atomic E-state index is 0. The minimum atomic E-state index is -0.504. The van der Waals surface area contributed by atoms with Crippen LogP contribution in [0.4, 0.5) is 0 Å². The van der Waals surface area contributed by atoms with Gasteiger partial charge in [-0.2, -0.15) is 0 Å². The molecule has 3 saturated heterocycles. The standard InChI is InChI=1S/C20H24N2O2.C6H6O2.ClH/c1-3-13-12-22-9-7-14(13)10-19(22)20(23)16-6-8-21-18-5-4-15(24-2)11-17(16)18;7-5-2-1-3-6(8)4-5;/h3-6,8,11,13-14,19-20,23H,1,7,9-10,12H2,2H3;1-4,7-8H;1H. The summed E-state index contributed by atoms with van der Waals surface area (Å²) in [5.74, 6) is 2.18. The molecule has 6 nitrogen and oxygen atoms in total. The Morgan fingerprint density at radius 3 is 2.48 bits per heavy atom. The number of phenols is 2. The van der Waals surface area contributed by atoms with Crippen LogP contribution in [0, 0.1) is 11.8 Å². The maximum atomic E-state index is 11.2. The van der Waals surface area contributed by atoms with E-state index >= 15 is 0 Å². The number of hydrogen-bond donors (Lipinski definition) is 3. The summed E-state index contributed by atoms with van der Waals surface area (Å²) in [5, 5.41) is 29.4. The fraction of sp³-hybridized carbons (Fsp3) is 0.346. The molecule has 0 aliphatic carbocycles. The third kappa shape index (κ3) is 5.41. The summed E-state index contributed by atoms with van der Waals surface area (Å²) in [6.07, 6.45) is 5.62. The van der Waals surface area contributed by atoms with Crippen LogP contribution in [0.1, 0.15) is 24.5 Å². The van der Waals surface area contributed by atoms with Crippen molar-refractivity contribution in [1.82, 2.24) is 9.88 Å². The molecule has 1 aromatic heterocycles. The molecule has 0 amide bonds. The molecule has 2 bridgehead atoms. The molecule has 0 spiro atoms. The van der Waals surface area contributed by atoms with Crippen molar-refractivity contribution in [3.63, 3.8) is 0 Å². The predicted molar refractivity (Wildman–Crippen MR) is 132 cm³/mol. The van der Waals surface area contributed by atoms with Gasteiger partial charge in [0, 0.05) is 30.2 Å². The molecular weight excluding hydrogens is 440 g/mol. The van der Waals surface area contributed by atoms with Gasteiger partial charge in [0.1, 0.15) is 17.2 Å². The van der Waals surface area contributed by atoms with Gasteiger partial charge in [0.15, 0.2) is 0 Å². The van der Waals surface area contributed by atoms with Crippen LogP contribution in [0.25, 0.3) is 10.9 Å². The number of methoxy groups -OCH3 is 1. The third-order valence-electron chi connectivity index (χ3n) is 6.65. The molecule has 6 rings (SSSR count). The number of phenolic OH excluding ortho intramolecular Hbond substituents is 2. The summed E-state index contributed by atoms with van der Waals surface area (Å²) in [6, 6.07) is 13.8. The number of rotatable bonds is 4. The lowest BCUT2D eigenvalue weighted by Crippen LogP contribution is -2.54. The Morgan fingerprint density at radius 1 is 1.15 bits per heavy atom. The lowest BCUT2D eigenvalue weighted by molar-refractivity contribution is -0.0444. The van der Waals surface area contributed by atoms with Crippen molar-refractivity contribution in [2.45, 2.75) is 25.0 Å². The molecule has 176 valence electrons. The minimum Gasteiger partial charge on any atom is -0.508 e. The summed E-state index contributed by atoms with van der Waals surface area (Å²) in [5.41, 5.74) is 1.85. The fourth-order valence-corrected chi connectivity index (χ4v) is 4.94. The van der Waals surface area contributed by atoms with Gasteiger partial charge in [-0.1, -0.05) is 12.1 Å². The molecule has 33 heavy (non-hydrogen) atoms. The molecular formula is C26H31ClN2O4. The van der Waals surface area contributed by atoms with Crippen molar-refractivity contribution in [3.8, 4) is 17.2 Å². The van der Waals surface area contributed by atoms with Gasteiger partial charge in [-0.25, -0.2) is 0 Å². The largest absolute Gasteiger partial charge is 0.508 e. The van der Waals surface area contributed by atoms with Gasteiger partial charge in [0.25, 0.3) is 0 Å². The number of nitrogens with zero attached hydrogens (tertiary/aromatic N) is 2. The number of hydrogen-bond acceptors (Lipinski definition) is 6. The molecule has 0 radical (unpaired) electrons. The topological polar surface area (TPSA) is 86.1 Å². The van der Waals surface area contributed by atoms with Crippen LogP contribution >= 0.6 is 12.4 Å². The highest BCUT2D eigenvalue weighted by Crippen LogP contribution is 2.42. The maximum Gasteiger partial charge on any atom is 0.119 e. The van der Waals surface area contributed by atoms with Crippen LogP contribution < -0.4 is 4.74 Å². The number of aromatic nitrogens is 1. The second-order valence-electron chi connectivity index (χ2n) is 8.49. The smallest absolute Gasteiger partial charge is 0.119 e. The number of pyridine rings is 1. The normalized spacial score (nSPS) is 24.2. The van der Waals surface area contributed by atoms with E-state index in [0.717, 1.165) is 41.7 Å². The zero-order valence-corrected chi connectivity index (χ0v) is 19.5. The molecule has 5 unspecified atom stereocenters. The molecule has 3 aromatic rings. The first-order valence-electron chi connectivity index (χ1n) is 11.0. The number of halogens is 1. The summed E-state index contributed by atoms with van der Waals surface area (Å²) in [6.45, 7) is 6.07. The van der Waals surface area contributed by atoms with E-state index in [0.29, 0.717) is 11.8 Å². The zero-order valence-electron chi connectivity index (χ0n) is 18.7. The Morgan fingerprint density at radius 2 is 1.91 bits per heavy atom. The van der Waals surface area contributed by atoms with E-state index in [1.807, 2.05) is 24.3 Å². The van der Waals surface area contributed by atoms with Gasteiger partial charge < -0.3 is 20.1 Å². The van der Waals surface area contributed by atoms with Crippen molar-refractivity contribution in [1.29, 1.82) is 0 Å². The van der Waals surface area contributed by atoms with Gasteiger partial charge in [-0.05, 0) is 73.2 Å². The molecule has 3 aliphatic rings. The highest BCUT2D eigenvalue weighted by Gasteiger charge is 2.42. The molecule has 3 aliphatic heterocycles. The van der Waals surface area contributed by atoms with Crippen molar-refractivity contribution in [2.75, 3.05) is 20.2 Å². The second-order valence-corrected chi connectivity index (χ2v) is 8.49. The maximum absolute atomic E-state index is 11.2. The number of piperidine rings is 3. The highest BCUT2D eigenvalue weighted by atomic mass is 35.5. The van der Waals surface area contributed by atoms with Gasteiger partial charge in [-0.3, -0.25) is 9.88 Å². The van der Waals surface area contributed by atoms with E-state index in [1.165, 1.54) is 24.6 Å². The number of aliphatic hydroxyl groups excluding tert-OH is 1. The van der Waals surface area contributed by atoms with E-state index < -0.39 is 6.10 Å². The third-order valence-corrected chi connectivity index (χ3v) is 6.65. The van der Waals surface area contributed by atoms with Gasteiger partial charge in [-0.15, -0.1) is 19.0 Å². The summed E-state index contributed by atoms with van der Waals surface area (Å²) >= 11 is 0. The van der Waals surface area contributed by atoms with Crippen LogP contribution in [0.2, 0.25) is 0 Å². The van der Waals surface area contributed by atoms with Crippen molar-refractivity contribution < 1.29 is 20.1 Å². The van der Waals surface area contributed by atoms with Crippen molar-refractivity contribution in [2.24, 2.45) is 11.8 Å². The van der Waals surface area contributed by atoms with Crippen LogP contribution in [0.5, 0.6) is 17.2 Å². The Bertz CT molecular complexity index is 1080. The highest BCUT2D eigenvalue weighted by molar-refractivity contribution is 5.85. The zero-order chi connectivity index (χ0) is 22.7. The van der Waals surface area contributed by atoms with Gasteiger partial charge in [0.05, 0.1) is 18.7 Å². The number of benzene rings is 2. The second kappa shape index (κ2) is 10.9. The molecule has 5 atom stereocenters. The van der Waals surface area contributed by atoms with Gasteiger partial charge in [0.2, 0.25) is 0 Å². The number of aromatic hydroxyl groups is 2. The molecule has 3 fully saturated rings. The van der Waals surface area contributed by atoms with Gasteiger partial charge >= 0.3 is 0 Å². The quantitative estimate of drug-likeness (QED) is 0.479. The summed E-state index contributed by atoms with van der Waals surface area (Å²) < 4.78 is 5.35. The molecule has 4 heterocycles. The first-order valence-corrected chi connectivity index (χ1v) is 11.0. The average molecular weight is 471 g/mol. The number of ether oxygens (including phenoxy) is 1. The monoisotopic (exact) mass is 470 g/mol.